The Labute approximate surface area is 134 Å². The van der Waals surface area contributed by atoms with Gasteiger partial charge in [-0.25, -0.2) is 14.2 Å². The van der Waals surface area contributed by atoms with Crippen LogP contribution in [0.4, 0.5) is 4.39 Å². The molecule has 120 valence electrons. The van der Waals surface area contributed by atoms with Gasteiger partial charge in [0.05, 0.1) is 12.2 Å². The molecule has 4 nitrogen and oxygen atoms in total. The number of hydrogen-bond acceptors (Lipinski definition) is 4. The summed E-state index contributed by atoms with van der Waals surface area (Å²) in [5.41, 5.74) is 1.60. The lowest BCUT2D eigenvalue weighted by Crippen LogP contribution is -2.06. The normalized spacial score (nSPS) is 15.1. The van der Waals surface area contributed by atoms with E-state index < -0.39 is 11.8 Å². The third-order valence-corrected chi connectivity index (χ3v) is 4.08. The lowest BCUT2D eigenvalue weighted by Gasteiger charge is -2.10. The number of carbonyl (C=O) groups excluding carboxylic acids is 1. The van der Waals surface area contributed by atoms with Crippen molar-refractivity contribution < 1.29 is 18.7 Å². The van der Waals surface area contributed by atoms with Crippen LogP contribution in [-0.4, -0.2) is 17.6 Å². The van der Waals surface area contributed by atoms with Crippen LogP contribution in [0.15, 0.2) is 36.5 Å². The number of hydrogen-bond donors (Lipinski definition) is 0. The molecule has 1 aliphatic rings. The Morgan fingerprint density at radius 1 is 1.30 bits per heavy atom. The summed E-state index contributed by atoms with van der Waals surface area (Å²) in [5, 5.41) is 0. The van der Waals surface area contributed by atoms with Gasteiger partial charge >= 0.3 is 5.97 Å². The third kappa shape index (κ3) is 3.33. The zero-order valence-corrected chi connectivity index (χ0v) is 13.1. The molecule has 0 radical (unpaired) electrons. The lowest BCUT2D eigenvalue weighted by molar-refractivity contribution is 0.0525. The minimum absolute atomic E-state index is 0.0636. The van der Waals surface area contributed by atoms with Gasteiger partial charge < -0.3 is 9.47 Å². The first kappa shape index (κ1) is 15.5. The van der Waals surface area contributed by atoms with Crippen LogP contribution >= 0.6 is 0 Å². The average molecular weight is 315 g/mol. The van der Waals surface area contributed by atoms with Crippen molar-refractivity contribution in [3.8, 4) is 11.6 Å². The fourth-order valence-corrected chi connectivity index (χ4v) is 2.34. The van der Waals surface area contributed by atoms with E-state index >= 15 is 0 Å². The van der Waals surface area contributed by atoms with Crippen LogP contribution in [0.25, 0.3) is 0 Å². The summed E-state index contributed by atoms with van der Waals surface area (Å²) in [5.74, 6) is -0.960. The molecule has 0 atom stereocenters. The summed E-state index contributed by atoms with van der Waals surface area (Å²) in [6.45, 7) is 4.13. The molecule has 0 spiro atoms. The first-order chi connectivity index (χ1) is 11.0. The van der Waals surface area contributed by atoms with Crippen LogP contribution in [0.2, 0.25) is 0 Å². The largest absolute Gasteiger partial charge is 0.462 e. The van der Waals surface area contributed by atoms with E-state index in [4.69, 9.17) is 9.47 Å². The fraction of sp³-hybridized carbons (Fsp3) is 0.333. The Balaban J connectivity index is 1.73. The topological polar surface area (TPSA) is 48.4 Å². The van der Waals surface area contributed by atoms with Crippen molar-refractivity contribution in [3.05, 3.63) is 53.5 Å². The maximum Gasteiger partial charge on any atom is 0.339 e. The van der Waals surface area contributed by atoms with Crippen molar-refractivity contribution in [1.29, 1.82) is 0 Å². The second-order valence-electron chi connectivity index (χ2n) is 5.92. The summed E-state index contributed by atoms with van der Waals surface area (Å²) in [7, 11) is 0. The van der Waals surface area contributed by atoms with E-state index in [1.165, 1.54) is 24.6 Å². The molecule has 0 amide bonds. The van der Waals surface area contributed by atoms with E-state index in [9.17, 15) is 9.18 Å². The van der Waals surface area contributed by atoms with Crippen molar-refractivity contribution in [2.24, 2.45) is 0 Å². The molecule has 1 heterocycles. The van der Waals surface area contributed by atoms with E-state index in [-0.39, 0.29) is 23.5 Å². The lowest BCUT2D eigenvalue weighted by atomic mass is 9.99. The van der Waals surface area contributed by atoms with Gasteiger partial charge in [-0.05, 0) is 48.9 Å². The van der Waals surface area contributed by atoms with E-state index in [0.29, 0.717) is 5.75 Å². The zero-order valence-electron chi connectivity index (χ0n) is 13.1. The van der Waals surface area contributed by atoms with Crippen LogP contribution in [0.1, 0.15) is 42.6 Å². The molecule has 1 aliphatic carbocycles. The molecule has 0 N–H and O–H groups in total. The number of aromatic nitrogens is 1. The molecule has 0 saturated heterocycles. The Bertz CT molecular complexity index is 724. The third-order valence-electron chi connectivity index (χ3n) is 4.08. The molecule has 5 heteroatoms. The van der Waals surface area contributed by atoms with Crippen molar-refractivity contribution in [2.75, 3.05) is 6.61 Å². The van der Waals surface area contributed by atoms with Crippen LogP contribution in [-0.2, 0) is 10.2 Å². The number of halogens is 1. The molecule has 1 saturated carbocycles. The molecular formula is C18H18FNO3. The molecule has 0 bridgehead atoms. The SMILES string of the molecule is CCOC(=O)c1cnc(Oc2ccc(C3(C)CC3)cc2)c(F)c1. The molecule has 2 aromatic rings. The van der Waals surface area contributed by atoms with Gasteiger partial charge in [-0.1, -0.05) is 19.1 Å². The highest BCUT2D eigenvalue weighted by molar-refractivity contribution is 5.89. The molecule has 0 aliphatic heterocycles. The first-order valence-electron chi connectivity index (χ1n) is 7.63. The molecular weight excluding hydrogens is 297 g/mol. The van der Waals surface area contributed by atoms with Gasteiger partial charge in [-0.15, -0.1) is 0 Å². The van der Waals surface area contributed by atoms with Crippen molar-refractivity contribution >= 4 is 5.97 Å². The van der Waals surface area contributed by atoms with Gasteiger partial charge in [-0.2, -0.15) is 0 Å². The molecule has 1 aromatic carbocycles. The Morgan fingerprint density at radius 3 is 2.57 bits per heavy atom. The second kappa shape index (κ2) is 5.99. The minimum Gasteiger partial charge on any atom is -0.462 e. The van der Waals surface area contributed by atoms with Crippen molar-refractivity contribution in [2.45, 2.75) is 32.1 Å². The minimum atomic E-state index is -0.700. The Kier molecular flexibility index (Phi) is 4.03. The molecule has 23 heavy (non-hydrogen) atoms. The summed E-state index contributed by atoms with van der Waals surface area (Å²) < 4.78 is 24.3. The Hall–Kier alpha value is -2.43. The van der Waals surface area contributed by atoms with Crippen LogP contribution in [0.5, 0.6) is 11.6 Å². The van der Waals surface area contributed by atoms with Gasteiger partial charge in [0.15, 0.2) is 5.82 Å². The van der Waals surface area contributed by atoms with Gasteiger partial charge in [-0.3, -0.25) is 0 Å². The van der Waals surface area contributed by atoms with E-state index in [1.54, 1.807) is 19.1 Å². The highest BCUT2D eigenvalue weighted by atomic mass is 19.1. The van der Waals surface area contributed by atoms with Crippen LogP contribution < -0.4 is 4.74 Å². The summed E-state index contributed by atoms with van der Waals surface area (Å²) in [6.07, 6.45) is 3.63. The predicted molar refractivity (Wildman–Crippen MR) is 83.3 cm³/mol. The van der Waals surface area contributed by atoms with Crippen LogP contribution in [0.3, 0.4) is 0 Å². The quantitative estimate of drug-likeness (QED) is 0.774. The van der Waals surface area contributed by atoms with Crippen molar-refractivity contribution in [1.82, 2.24) is 4.98 Å². The zero-order chi connectivity index (χ0) is 16.4. The number of nitrogens with zero attached hydrogens (tertiary/aromatic N) is 1. The number of rotatable bonds is 5. The number of esters is 1. The van der Waals surface area contributed by atoms with Gasteiger partial charge in [0.25, 0.3) is 5.88 Å². The smallest absolute Gasteiger partial charge is 0.339 e. The van der Waals surface area contributed by atoms with Gasteiger partial charge in [0.2, 0.25) is 0 Å². The second-order valence-corrected chi connectivity index (χ2v) is 5.92. The highest BCUT2D eigenvalue weighted by Gasteiger charge is 2.38. The highest BCUT2D eigenvalue weighted by Crippen LogP contribution is 2.47. The number of benzene rings is 1. The van der Waals surface area contributed by atoms with E-state index in [1.807, 2.05) is 12.1 Å². The number of pyridine rings is 1. The summed E-state index contributed by atoms with van der Waals surface area (Å²) in [4.78, 5) is 15.4. The molecule has 1 aromatic heterocycles. The summed E-state index contributed by atoms with van der Waals surface area (Å²) >= 11 is 0. The monoisotopic (exact) mass is 315 g/mol. The maximum absolute atomic E-state index is 14.0. The van der Waals surface area contributed by atoms with Crippen molar-refractivity contribution in [3.63, 3.8) is 0 Å². The van der Waals surface area contributed by atoms with E-state index in [0.717, 1.165) is 6.07 Å². The Morgan fingerprint density at radius 2 is 2.00 bits per heavy atom. The predicted octanol–water partition coefficient (Wildman–Crippen LogP) is 4.24. The standard InChI is InChI=1S/C18H18FNO3/c1-3-22-17(21)12-10-15(19)16(20-11-12)23-14-6-4-13(5-7-14)18(2)8-9-18/h4-7,10-11H,3,8-9H2,1-2H3. The number of carbonyl (C=O) groups is 1. The molecule has 1 fully saturated rings. The van der Waals surface area contributed by atoms with E-state index in [2.05, 4.69) is 11.9 Å². The first-order valence-corrected chi connectivity index (χ1v) is 7.63. The number of ether oxygens (including phenoxy) is 2. The van der Waals surface area contributed by atoms with Gasteiger partial charge in [0, 0.05) is 6.20 Å². The molecule has 0 unspecified atom stereocenters. The fourth-order valence-electron chi connectivity index (χ4n) is 2.34. The maximum atomic E-state index is 14.0. The summed E-state index contributed by atoms with van der Waals surface area (Å²) in [6, 6.07) is 8.67. The average Bonchev–Trinajstić information content (AvgIpc) is 3.29. The van der Waals surface area contributed by atoms with Crippen LogP contribution in [0, 0.1) is 5.82 Å². The molecule has 3 rings (SSSR count). The van der Waals surface area contributed by atoms with Gasteiger partial charge in [0.1, 0.15) is 5.75 Å².